The number of ether oxygens (including phenoxy) is 1. The highest BCUT2D eigenvalue weighted by molar-refractivity contribution is 6.31. The largest absolute Gasteiger partial charge is 0.452 e. The third kappa shape index (κ3) is 6.23. The average Bonchev–Trinajstić information content (AvgIpc) is 2.92. The van der Waals surface area contributed by atoms with E-state index in [1.165, 1.54) is 6.08 Å². The van der Waals surface area contributed by atoms with E-state index in [4.69, 9.17) is 16.3 Å². The molecule has 0 bridgehead atoms. The van der Waals surface area contributed by atoms with Crippen molar-refractivity contribution in [3.05, 3.63) is 58.4 Å². The van der Waals surface area contributed by atoms with Gasteiger partial charge in [-0.25, -0.2) is 9.48 Å². The predicted octanol–water partition coefficient (Wildman–Crippen LogP) is 3.61. The fourth-order valence-corrected chi connectivity index (χ4v) is 2.71. The van der Waals surface area contributed by atoms with Crippen LogP contribution in [0.1, 0.15) is 37.6 Å². The first-order valence-corrected chi connectivity index (χ1v) is 9.56. The van der Waals surface area contributed by atoms with E-state index < -0.39 is 5.97 Å². The SMILES string of the molecule is Cc1nn(Cc2ccccc2)c(Cl)c1C=CC(=O)OCC(=O)NC(C)C(C)C. The van der Waals surface area contributed by atoms with Crippen molar-refractivity contribution in [3.8, 4) is 0 Å². The third-order valence-electron chi connectivity index (χ3n) is 4.40. The molecule has 0 fully saturated rings. The first-order valence-electron chi connectivity index (χ1n) is 9.19. The Hall–Kier alpha value is -2.60. The minimum absolute atomic E-state index is 0.0126. The van der Waals surface area contributed by atoms with Gasteiger partial charge in [0.05, 0.1) is 12.2 Å². The number of carbonyl (C=O) groups is 2. The Morgan fingerprint density at radius 3 is 2.57 bits per heavy atom. The van der Waals surface area contributed by atoms with Crippen LogP contribution in [0.5, 0.6) is 0 Å². The molecule has 0 saturated carbocycles. The highest BCUT2D eigenvalue weighted by Gasteiger charge is 2.14. The standard InChI is InChI=1S/C21H26ClN3O3/c1-14(2)15(3)23-19(26)13-28-20(27)11-10-18-16(4)24-25(21(18)22)12-17-8-6-5-7-9-17/h5-11,14-15H,12-13H2,1-4H3,(H,23,26). The second-order valence-corrected chi connectivity index (χ2v) is 7.33. The number of nitrogens with zero attached hydrogens (tertiary/aromatic N) is 2. The zero-order valence-electron chi connectivity index (χ0n) is 16.6. The van der Waals surface area contributed by atoms with Gasteiger partial charge in [0.15, 0.2) is 6.61 Å². The summed E-state index contributed by atoms with van der Waals surface area (Å²) in [6.07, 6.45) is 2.81. The summed E-state index contributed by atoms with van der Waals surface area (Å²) in [5.41, 5.74) is 2.42. The summed E-state index contributed by atoms with van der Waals surface area (Å²) >= 11 is 6.41. The lowest BCUT2D eigenvalue weighted by Crippen LogP contribution is -2.38. The molecule has 7 heteroatoms. The van der Waals surface area contributed by atoms with Crippen molar-refractivity contribution in [1.29, 1.82) is 0 Å². The van der Waals surface area contributed by atoms with Gasteiger partial charge in [-0.3, -0.25) is 4.79 Å². The quantitative estimate of drug-likeness (QED) is 0.539. The van der Waals surface area contributed by atoms with Crippen LogP contribution in [-0.4, -0.2) is 34.3 Å². The molecule has 2 aromatic rings. The Bertz CT molecular complexity index is 844. The number of carbonyl (C=O) groups excluding carboxylic acids is 2. The molecule has 0 radical (unpaired) electrons. The van der Waals surface area contributed by atoms with Gasteiger partial charge in [-0.15, -0.1) is 0 Å². The van der Waals surface area contributed by atoms with Gasteiger partial charge in [0.2, 0.25) is 0 Å². The number of hydrogen-bond donors (Lipinski definition) is 1. The third-order valence-corrected chi connectivity index (χ3v) is 4.80. The smallest absolute Gasteiger partial charge is 0.331 e. The number of amides is 1. The lowest BCUT2D eigenvalue weighted by atomic mass is 10.1. The van der Waals surface area contributed by atoms with E-state index in [9.17, 15) is 9.59 Å². The van der Waals surface area contributed by atoms with Crippen molar-refractivity contribution in [2.24, 2.45) is 5.92 Å². The molecule has 0 aliphatic rings. The molecule has 0 spiro atoms. The first kappa shape index (κ1) is 21.7. The summed E-state index contributed by atoms with van der Waals surface area (Å²) in [7, 11) is 0. The number of halogens is 1. The van der Waals surface area contributed by atoms with E-state index in [0.717, 1.165) is 5.56 Å². The van der Waals surface area contributed by atoms with E-state index in [-0.39, 0.29) is 18.6 Å². The Balaban J connectivity index is 1.94. The number of nitrogens with one attached hydrogen (secondary N) is 1. The van der Waals surface area contributed by atoms with E-state index in [1.54, 1.807) is 10.8 Å². The number of hydrogen-bond acceptors (Lipinski definition) is 4. The number of aryl methyl sites for hydroxylation is 1. The van der Waals surface area contributed by atoms with Crippen LogP contribution in [0.3, 0.4) is 0 Å². The van der Waals surface area contributed by atoms with Crippen LogP contribution < -0.4 is 5.32 Å². The molecule has 1 amide bonds. The van der Waals surface area contributed by atoms with Crippen LogP contribution >= 0.6 is 11.6 Å². The van der Waals surface area contributed by atoms with Crippen LogP contribution in [0.4, 0.5) is 0 Å². The molecule has 28 heavy (non-hydrogen) atoms. The van der Waals surface area contributed by atoms with Crippen molar-refractivity contribution in [2.45, 2.75) is 40.3 Å². The Kier molecular flexibility index (Phi) is 7.81. The molecule has 0 saturated heterocycles. The van der Waals surface area contributed by atoms with Crippen molar-refractivity contribution < 1.29 is 14.3 Å². The number of aromatic nitrogens is 2. The van der Waals surface area contributed by atoms with Gasteiger partial charge >= 0.3 is 5.97 Å². The Morgan fingerprint density at radius 1 is 1.25 bits per heavy atom. The molecule has 6 nitrogen and oxygen atoms in total. The van der Waals surface area contributed by atoms with Gasteiger partial charge in [-0.1, -0.05) is 55.8 Å². The number of rotatable bonds is 8. The van der Waals surface area contributed by atoms with Crippen LogP contribution in [0.25, 0.3) is 6.08 Å². The number of esters is 1. The summed E-state index contributed by atoms with van der Waals surface area (Å²) in [4.78, 5) is 23.7. The van der Waals surface area contributed by atoms with Crippen molar-refractivity contribution in [2.75, 3.05) is 6.61 Å². The van der Waals surface area contributed by atoms with Crippen LogP contribution in [0.2, 0.25) is 5.15 Å². The lowest BCUT2D eigenvalue weighted by molar-refractivity contribution is -0.144. The maximum Gasteiger partial charge on any atom is 0.331 e. The molecular formula is C21H26ClN3O3. The van der Waals surface area contributed by atoms with E-state index in [0.29, 0.717) is 28.9 Å². The minimum Gasteiger partial charge on any atom is -0.452 e. The van der Waals surface area contributed by atoms with Crippen molar-refractivity contribution in [1.82, 2.24) is 15.1 Å². The monoisotopic (exact) mass is 403 g/mol. The summed E-state index contributed by atoms with van der Waals surface area (Å²) in [5, 5.41) is 7.64. The summed E-state index contributed by atoms with van der Waals surface area (Å²) in [6.45, 7) is 7.95. The van der Waals surface area contributed by atoms with Crippen LogP contribution in [-0.2, 0) is 20.9 Å². The van der Waals surface area contributed by atoms with Crippen LogP contribution in [0, 0.1) is 12.8 Å². The maximum absolute atomic E-state index is 11.9. The zero-order valence-corrected chi connectivity index (χ0v) is 17.4. The van der Waals surface area contributed by atoms with E-state index in [2.05, 4.69) is 10.4 Å². The van der Waals surface area contributed by atoms with Gasteiger partial charge in [0.1, 0.15) is 5.15 Å². The summed E-state index contributed by atoms with van der Waals surface area (Å²) in [6, 6.07) is 9.85. The van der Waals surface area contributed by atoms with Gasteiger partial charge in [0.25, 0.3) is 5.91 Å². The fourth-order valence-electron chi connectivity index (χ4n) is 2.42. The average molecular weight is 404 g/mol. The molecule has 1 unspecified atom stereocenters. The molecule has 150 valence electrons. The summed E-state index contributed by atoms with van der Waals surface area (Å²) in [5.74, 6) is -0.636. The highest BCUT2D eigenvalue weighted by atomic mass is 35.5. The molecule has 1 heterocycles. The molecule has 1 aromatic heterocycles. The number of benzene rings is 1. The molecule has 0 aliphatic carbocycles. The highest BCUT2D eigenvalue weighted by Crippen LogP contribution is 2.22. The molecule has 1 aromatic carbocycles. The second kappa shape index (κ2) is 10.1. The van der Waals surface area contributed by atoms with Crippen molar-refractivity contribution >= 4 is 29.6 Å². The van der Waals surface area contributed by atoms with Crippen molar-refractivity contribution in [3.63, 3.8) is 0 Å². The van der Waals surface area contributed by atoms with E-state index >= 15 is 0 Å². The van der Waals surface area contributed by atoms with Crippen LogP contribution in [0.15, 0.2) is 36.4 Å². The molecular weight excluding hydrogens is 378 g/mol. The summed E-state index contributed by atoms with van der Waals surface area (Å²) < 4.78 is 6.66. The maximum atomic E-state index is 11.9. The van der Waals surface area contributed by atoms with Gasteiger partial charge in [0, 0.05) is 17.7 Å². The Labute approximate surface area is 170 Å². The second-order valence-electron chi connectivity index (χ2n) is 6.97. The molecule has 1 N–H and O–H groups in total. The van der Waals surface area contributed by atoms with E-state index in [1.807, 2.05) is 58.0 Å². The van der Waals surface area contributed by atoms with Gasteiger partial charge in [-0.05, 0) is 31.4 Å². The molecule has 1 atom stereocenters. The fraction of sp³-hybridized carbons (Fsp3) is 0.381. The first-order chi connectivity index (χ1) is 13.3. The Morgan fingerprint density at radius 2 is 1.93 bits per heavy atom. The molecule has 0 aliphatic heterocycles. The van der Waals surface area contributed by atoms with Gasteiger partial charge in [-0.2, -0.15) is 5.10 Å². The normalized spacial score (nSPS) is 12.4. The topological polar surface area (TPSA) is 73.2 Å². The molecule has 2 rings (SSSR count). The zero-order chi connectivity index (χ0) is 20.7. The lowest BCUT2D eigenvalue weighted by Gasteiger charge is -2.16. The minimum atomic E-state index is -0.612. The van der Waals surface area contributed by atoms with Gasteiger partial charge < -0.3 is 10.1 Å². The predicted molar refractivity (Wildman–Crippen MR) is 110 cm³/mol.